The van der Waals surface area contributed by atoms with Crippen molar-refractivity contribution >= 4 is 40.1 Å². The van der Waals surface area contributed by atoms with Crippen LogP contribution in [0, 0.1) is 5.92 Å². The van der Waals surface area contributed by atoms with Crippen molar-refractivity contribution in [3.8, 4) is 11.1 Å². The highest BCUT2D eigenvalue weighted by Crippen LogP contribution is 2.50. The van der Waals surface area contributed by atoms with E-state index in [0.717, 1.165) is 60.1 Å². The molecule has 1 fully saturated rings. The first-order chi connectivity index (χ1) is 19.3. The number of hydrogen-bond acceptors (Lipinski definition) is 5. The third-order valence-electron chi connectivity index (χ3n) is 7.97. The summed E-state index contributed by atoms with van der Waals surface area (Å²) in [4.78, 5) is 19.9. The van der Waals surface area contributed by atoms with Gasteiger partial charge in [-0.1, -0.05) is 77.5 Å². The van der Waals surface area contributed by atoms with Gasteiger partial charge in [-0.15, -0.1) is 0 Å². The second kappa shape index (κ2) is 14.2. The minimum absolute atomic E-state index is 0.0769. The Bertz CT molecular complexity index is 1270. The zero-order chi connectivity index (χ0) is 28.7. The number of nitrogens with two attached hydrogens (primary N) is 1. The molecule has 3 atom stereocenters. The lowest BCUT2D eigenvalue weighted by molar-refractivity contribution is -0.0617. The van der Waals surface area contributed by atoms with Gasteiger partial charge < -0.3 is 20.5 Å². The van der Waals surface area contributed by atoms with E-state index in [4.69, 9.17) is 22.1 Å². The van der Waals surface area contributed by atoms with E-state index in [1.807, 2.05) is 47.4 Å². The number of piperidine rings is 1. The van der Waals surface area contributed by atoms with Crippen LogP contribution in [-0.4, -0.2) is 45.2 Å². The van der Waals surface area contributed by atoms with Crippen molar-refractivity contribution in [2.24, 2.45) is 11.7 Å². The molecule has 3 unspecified atom stereocenters. The van der Waals surface area contributed by atoms with Gasteiger partial charge in [0.25, 0.3) is 5.91 Å². The van der Waals surface area contributed by atoms with Gasteiger partial charge in [0.15, 0.2) is 0 Å². The van der Waals surface area contributed by atoms with E-state index in [1.54, 1.807) is 25.4 Å². The van der Waals surface area contributed by atoms with E-state index in [0.29, 0.717) is 36.7 Å². The van der Waals surface area contributed by atoms with Gasteiger partial charge >= 0.3 is 0 Å². The molecule has 1 aliphatic heterocycles. The van der Waals surface area contributed by atoms with Gasteiger partial charge in [-0.25, -0.2) is 0 Å². The molecule has 3 N–H and O–H groups in total. The lowest BCUT2D eigenvalue weighted by Gasteiger charge is -2.47. The molecule has 1 aromatic heterocycles. The summed E-state index contributed by atoms with van der Waals surface area (Å²) in [5.41, 5.74) is 9.60. The highest BCUT2D eigenvalue weighted by molar-refractivity contribution is 14.1. The quantitative estimate of drug-likeness (QED) is 0.102. The van der Waals surface area contributed by atoms with Crippen molar-refractivity contribution in [2.75, 3.05) is 20.3 Å². The predicted octanol–water partition coefficient (Wildman–Crippen LogP) is 6.74. The first-order valence-electron chi connectivity index (χ1n) is 14.0. The Labute approximate surface area is 256 Å². The van der Waals surface area contributed by atoms with Crippen LogP contribution in [0.1, 0.15) is 66.2 Å². The zero-order valence-corrected chi connectivity index (χ0v) is 26.2. The van der Waals surface area contributed by atoms with Crippen LogP contribution in [0.15, 0.2) is 60.8 Å². The maximum absolute atomic E-state index is 13.7. The molecule has 1 amide bonds. The van der Waals surface area contributed by atoms with Gasteiger partial charge in [-0.05, 0) is 73.4 Å². The molecule has 2 heterocycles. The Hall–Kier alpha value is -2.04. The van der Waals surface area contributed by atoms with E-state index in [2.05, 4.69) is 34.5 Å². The summed E-state index contributed by atoms with van der Waals surface area (Å²) in [6, 6.07) is 17.7. The van der Waals surface area contributed by atoms with Crippen LogP contribution in [0.5, 0.6) is 0 Å². The van der Waals surface area contributed by atoms with E-state index in [1.165, 1.54) is 0 Å². The minimum atomic E-state index is -1.21. The number of pyridine rings is 1. The predicted molar refractivity (Wildman–Crippen MR) is 170 cm³/mol. The highest BCUT2D eigenvalue weighted by atomic mass is 127. The second-order valence-corrected chi connectivity index (χ2v) is 12.1. The molecule has 4 rings (SSSR count). The van der Waals surface area contributed by atoms with E-state index >= 15 is 0 Å². The molecular weight excluding hydrogens is 637 g/mol. The Balaban J connectivity index is 1.81. The minimum Gasteiger partial charge on any atom is -0.385 e. The van der Waals surface area contributed by atoms with Gasteiger partial charge in [0.05, 0.1) is 20.9 Å². The average Bonchev–Trinajstić information content (AvgIpc) is 2.99. The number of unbranched alkanes of at least 4 members (excludes halogenated alkanes) is 1. The maximum Gasteiger partial charge on any atom is 0.256 e. The summed E-state index contributed by atoms with van der Waals surface area (Å²) >= 11 is 9.29. The molecule has 1 saturated heterocycles. The van der Waals surface area contributed by atoms with Crippen molar-refractivity contribution < 1.29 is 14.6 Å². The van der Waals surface area contributed by atoms with Crippen LogP contribution in [0.3, 0.4) is 0 Å². The number of nitrogens with zero attached hydrogens (tertiary/aromatic N) is 2. The van der Waals surface area contributed by atoms with Gasteiger partial charge in [-0.2, -0.15) is 0 Å². The summed E-state index contributed by atoms with van der Waals surface area (Å²) in [7, 11) is 1.70. The van der Waals surface area contributed by atoms with Gasteiger partial charge in [0.2, 0.25) is 0 Å². The van der Waals surface area contributed by atoms with Crippen LogP contribution in [-0.2, 0) is 23.3 Å². The number of rotatable bonds is 11. The van der Waals surface area contributed by atoms with Gasteiger partial charge in [0, 0.05) is 49.5 Å². The lowest BCUT2D eigenvalue weighted by atomic mass is 9.70. The van der Waals surface area contributed by atoms with E-state index in [9.17, 15) is 9.90 Å². The maximum atomic E-state index is 13.7. The number of halogens is 2. The Morgan fingerprint density at radius 3 is 2.62 bits per heavy atom. The summed E-state index contributed by atoms with van der Waals surface area (Å²) in [6.45, 7) is 3.70. The smallest absolute Gasteiger partial charge is 0.256 e. The fraction of sp³-hybridized carbons (Fsp3) is 0.438. The topological polar surface area (TPSA) is 88.7 Å². The van der Waals surface area contributed by atoms with E-state index in [-0.39, 0.29) is 15.9 Å². The number of ether oxygens (including phenoxy) is 1. The second-order valence-electron chi connectivity index (χ2n) is 10.4. The molecule has 1 aliphatic rings. The summed E-state index contributed by atoms with van der Waals surface area (Å²) in [6.07, 6.45) is 6.12. The standard InChI is InChI=1S/C32H39ClIN3O3/c1-3-22-14-16-27(33)28(23-10-5-4-6-11-23)29(22)32(39,17-7-8-19-40-2)26-12-9-18-37(30(26)34)31(38)24-13-15-25(20-35)36-21-24/h4-6,10-11,13-16,21,26,30,39H,3,7-9,12,17-20,35H2,1-2H3. The number of alkyl halides is 1. The van der Waals surface area contributed by atoms with Crippen molar-refractivity contribution in [2.45, 2.75) is 61.6 Å². The number of benzene rings is 2. The molecule has 0 spiro atoms. The van der Waals surface area contributed by atoms with Crippen LogP contribution in [0.2, 0.25) is 5.02 Å². The lowest BCUT2D eigenvalue weighted by Crippen LogP contribution is -2.52. The van der Waals surface area contributed by atoms with Crippen LogP contribution < -0.4 is 5.73 Å². The number of amides is 1. The molecule has 8 heteroatoms. The number of carbonyl (C=O) groups is 1. The number of carbonyl (C=O) groups excluding carboxylic acids is 1. The van der Waals surface area contributed by atoms with Gasteiger partial charge in [-0.3, -0.25) is 9.78 Å². The molecule has 0 saturated carbocycles. The van der Waals surface area contributed by atoms with Crippen LogP contribution in [0.4, 0.5) is 0 Å². The molecular formula is C32H39ClIN3O3. The Kier molecular flexibility index (Phi) is 11.0. The van der Waals surface area contributed by atoms with Crippen molar-refractivity contribution in [3.05, 3.63) is 88.2 Å². The number of aryl methyl sites for hydroxylation is 1. The molecule has 3 aromatic rings. The van der Waals surface area contributed by atoms with Crippen LogP contribution in [0.25, 0.3) is 11.1 Å². The van der Waals surface area contributed by atoms with Crippen molar-refractivity contribution in [3.63, 3.8) is 0 Å². The summed E-state index contributed by atoms with van der Waals surface area (Å²) in [5.74, 6) is -0.275. The average molecular weight is 676 g/mol. The number of methoxy groups -OCH3 is 1. The fourth-order valence-electron chi connectivity index (χ4n) is 5.91. The fourth-order valence-corrected chi connectivity index (χ4v) is 7.66. The Morgan fingerprint density at radius 2 is 1.98 bits per heavy atom. The van der Waals surface area contributed by atoms with Gasteiger partial charge in [0.1, 0.15) is 0 Å². The molecule has 0 radical (unpaired) electrons. The van der Waals surface area contributed by atoms with Crippen molar-refractivity contribution in [1.29, 1.82) is 0 Å². The number of aliphatic hydroxyl groups is 1. The molecule has 0 aliphatic carbocycles. The largest absolute Gasteiger partial charge is 0.385 e. The molecule has 2 aromatic carbocycles. The normalized spacial score (nSPS) is 18.9. The Morgan fingerprint density at radius 1 is 1.20 bits per heavy atom. The monoisotopic (exact) mass is 675 g/mol. The third-order valence-corrected chi connectivity index (χ3v) is 9.83. The molecule has 214 valence electrons. The molecule has 6 nitrogen and oxygen atoms in total. The third kappa shape index (κ3) is 6.54. The first-order valence-corrected chi connectivity index (χ1v) is 15.7. The first kappa shape index (κ1) is 30.9. The SMILES string of the molecule is CCc1ccc(Cl)c(-c2ccccc2)c1C(O)(CCCCOC)C1CCCN(C(=O)c2ccc(CN)nc2)C1I. The number of likely N-dealkylation sites (tertiary alicyclic amines) is 1. The molecule has 0 bridgehead atoms. The van der Waals surface area contributed by atoms with Crippen molar-refractivity contribution in [1.82, 2.24) is 9.88 Å². The van der Waals surface area contributed by atoms with Crippen LogP contribution >= 0.6 is 34.2 Å². The van der Waals surface area contributed by atoms with E-state index < -0.39 is 5.60 Å². The number of aromatic nitrogens is 1. The zero-order valence-electron chi connectivity index (χ0n) is 23.3. The summed E-state index contributed by atoms with van der Waals surface area (Å²) < 4.78 is 5.10. The number of hydrogen-bond donors (Lipinski definition) is 2. The molecule has 40 heavy (non-hydrogen) atoms. The highest BCUT2D eigenvalue weighted by Gasteiger charge is 2.48. The summed E-state index contributed by atoms with van der Waals surface area (Å²) in [5, 5.41) is 13.6.